The van der Waals surface area contributed by atoms with Crippen molar-refractivity contribution in [1.82, 2.24) is 5.01 Å². The molecule has 2 N–H and O–H groups in total. The predicted octanol–water partition coefficient (Wildman–Crippen LogP) is 5.06. The molecule has 0 amide bonds. The number of para-hydroxylation sites is 1. The van der Waals surface area contributed by atoms with E-state index in [2.05, 4.69) is 5.10 Å². The summed E-state index contributed by atoms with van der Waals surface area (Å²) in [6.07, 6.45) is -9.27. The van der Waals surface area contributed by atoms with Crippen molar-refractivity contribution in [2.24, 2.45) is 11.0 Å². The van der Waals surface area contributed by atoms with E-state index in [-0.39, 0.29) is 30.6 Å². The van der Waals surface area contributed by atoms with Crippen LogP contribution in [0, 0.1) is 11.3 Å². The summed E-state index contributed by atoms with van der Waals surface area (Å²) >= 11 is 0. The van der Waals surface area contributed by atoms with Gasteiger partial charge in [-0.25, -0.2) is 0 Å². The summed E-state index contributed by atoms with van der Waals surface area (Å²) in [4.78, 5) is 0. The Kier molecular flexibility index (Phi) is 6.98. The third-order valence-electron chi connectivity index (χ3n) is 4.12. The van der Waals surface area contributed by atoms with E-state index in [9.17, 15) is 35.8 Å². The minimum Gasteiger partial charge on any atom is -0.507 e. The smallest absolute Gasteiger partial charge is 0.459 e. The molecule has 0 radical (unpaired) electrons. The van der Waals surface area contributed by atoms with Gasteiger partial charge in [-0.3, -0.25) is 10.4 Å². The standard InChI is InChI=1S/C16H16F7N3O.ClH/c1-9-8-26(25-13(9)10-4-2-3-5-11(10)27)12(24)6-7-14(17,18)15(19,20)16(21,22)23;/h2-5,9,24,27H,6-8H2,1H3;1H. The van der Waals surface area contributed by atoms with Crippen molar-refractivity contribution < 1.29 is 35.8 Å². The van der Waals surface area contributed by atoms with Crippen molar-refractivity contribution in [2.45, 2.75) is 37.8 Å². The van der Waals surface area contributed by atoms with Crippen LogP contribution in [-0.2, 0) is 0 Å². The first-order valence-electron chi connectivity index (χ1n) is 7.82. The van der Waals surface area contributed by atoms with Crippen LogP contribution in [0.3, 0.4) is 0 Å². The Hall–Kier alpha value is -2.04. The molecule has 0 aliphatic carbocycles. The lowest BCUT2D eigenvalue weighted by atomic mass is 9.98. The molecule has 0 saturated carbocycles. The molecule has 4 nitrogen and oxygen atoms in total. The monoisotopic (exact) mass is 435 g/mol. The highest BCUT2D eigenvalue weighted by Gasteiger charge is 2.72. The third kappa shape index (κ3) is 4.50. The Bertz CT molecular complexity index is 752. The number of hydrogen-bond donors (Lipinski definition) is 2. The largest absolute Gasteiger partial charge is 0.507 e. The maximum Gasteiger partial charge on any atom is 0.459 e. The Labute approximate surface area is 161 Å². The van der Waals surface area contributed by atoms with Gasteiger partial charge in [0.15, 0.2) is 0 Å². The molecule has 0 fully saturated rings. The van der Waals surface area contributed by atoms with Crippen LogP contribution in [0.4, 0.5) is 30.7 Å². The SMILES string of the molecule is CC1CN(C(=N)CCC(F)(F)C(F)(F)C(F)(F)F)N=C1c1ccccc1O.Cl. The number of aromatic hydroxyl groups is 1. The second kappa shape index (κ2) is 8.14. The highest BCUT2D eigenvalue weighted by molar-refractivity contribution is 6.06. The van der Waals surface area contributed by atoms with E-state index in [0.717, 1.165) is 5.01 Å². The number of hydrazone groups is 1. The molecule has 0 bridgehead atoms. The maximum atomic E-state index is 13.4. The minimum atomic E-state index is -6.39. The molecule has 0 aromatic heterocycles. The van der Waals surface area contributed by atoms with Crippen LogP contribution in [0.1, 0.15) is 25.3 Å². The average molecular weight is 436 g/mol. The van der Waals surface area contributed by atoms with Gasteiger partial charge in [-0.2, -0.15) is 35.8 Å². The summed E-state index contributed by atoms with van der Waals surface area (Å²) in [7, 11) is 0. The Balaban J connectivity index is 0.00000392. The zero-order chi connectivity index (χ0) is 20.6. The number of nitrogens with one attached hydrogen (secondary N) is 1. The summed E-state index contributed by atoms with van der Waals surface area (Å²) < 4.78 is 89.0. The van der Waals surface area contributed by atoms with Gasteiger partial charge >= 0.3 is 18.0 Å². The van der Waals surface area contributed by atoms with E-state index in [1.165, 1.54) is 6.07 Å². The van der Waals surface area contributed by atoms with Gasteiger partial charge in [-0.15, -0.1) is 12.4 Å². The molecule has 1 heterocycles. The predicted molar refractivity (Wildman–Crippen MR) is 90.7 cm³/mol. The molecule has 1 aromatic rings. The summed E-state index contributed by atoms with van der Waals surface area (Å²) in [5.74, 6) is -12.6. The molecule has 158 valence electrons. The van der Waals surface area contributed by atoms with Gasteiger partial charge in [0.2, 0.25) is 0 Å². The topological polar surface area (TPSA) is 59.7 Å². The molecular weight excluding hydrogens is 419 g/mol. The zero-order valence-electron chi connectivity index (χ0n) is 14.4. The highest BCUT2D eigenvalue weighted by Crippen LogP contribution is 2.48. The van der Waals surface area contributed by atoms with Crippen molar-refractivity contribution in [3.05, 3.63) is 29.8 Å². The summed E-state index contributed by atoms with van der Waals surface area (Å²) in [6, 6.07) is 6.15. The zero-order valence-corrected chi connectivity index (χ0v) is 15.2. The van der Waals surface area contributed by atoms with Gasteiger partial charge in [0.05, 0.1) is 12.3 Å². The molecule has 0 saturated heterocycles. The average Bonchev–Trinajstić information content (AvgIpc) is 2.93. The number of halogens is 8. The maximum absolute atomic E-state index is 13.4. The van der Waals surface area contributed by atoms with Gasteiger partial charge < -0.3 is 5.11 Å². The number of nitrogens with zero attached hydrogens (tertiary/aromatic N) is 2. The van der Waals surface area contributed by atoms with Crippen molar-refractivity contribution in [3.63, 3.8) is 0 Å². The molecule has 0 spiro atoms. The van der Waals surface area contributed by atoms with Gasteiger partial charge in [0.1, 0.15) is 11.6 Å². The number of rotatable bonds is 5. The van der Waals surface area contributed by atoms with Crippen LogP contribution in [-0.4, -0.2) is 46.2 Å². The Morgan fingerprint density at radius 3 is 2.29 bits per heavy atom. The number of phenols is 1. The quantitative estimate of drug-likeness (QED) is 0.386. The molecule has 1 aliphatic rings. The highest BCUT2D eigenvalue weighted by atomic mass is 35.5. The number of hydrogen-bond acceptors (Lipinski definition) is 3. The third-order valence-corrected chi connectivity index (χ3v) is 4.12. The summed E-state index contributed by atoms with van der Waals surface area (Å²) in [5.41, 5.74) is 0.708. The second-order valence-electron chi connectivity index (χ2n) is 6.21. The summed E-state index contributed by atoms with van der Waals surface area (Å²) in [6.45, 7) is 1.73. The van der Waals surface area contributed by atoms with Crippen LogP contribution in [0.5, 0.6) is 5.75 Å². The Morgan fingerprint density at radius 2 is 1.75 bits per heavy atom. The van der Waals surface area contributed by atoms with Crippen LogP contribution < -0.4 is 0 Å². The van der Waals surface area contributed by atoms with E-state index < -0.39 is 36.7 Å². The van der Waals surface area contributed by atoms with Crippen molar-refractivity contribution in [3.8, 4) is 5.75 Å². The molecule has 12 heteroatoms. The first kappa shape index (κ1) is 24.0. The number of benzene rings is 1. The van der Waals surface area contributed by atoms with E-state index in [4.69, 9.17) is 5.41 Å². The normalized spacial score (nSPS) is 17.9. The number of phenolic OH excluding ortho intramolecular Hbond substituents is 1. The van der Waals surface area contributed by atoms with Gasteiger partial charge in [0, 0.05) is 24.3 Å². The van der Waals surface area contributed by atoms with E-state index in [0.29, 0.717) is 11.3 Å². The lowest BCUT2D eigenvalue weighted by Crippen LogP contribution is -2.52. The fraction of sp³-hybridized carbons (Fsp3) is 0.500. The number of amidine groups is 1. The molecule has 2 rings (SSSR count). The molecule has 1 aliphatic heterocycles. The fourth-order valence-electron chi connectivity index (χ4n) is 2.56. The minimum absolute atomic E-state index is 0. The molecule has 28 heavy (non-hydrogen) atoms. The fourth-order valence-corrected chi connectivity index (χ4v) is 2.56. The van der Waals surface area contributed by atoms with Crippen LogP contribution in [0.15, 0.2) is 29.4 Å². The number of alkyl halides is 7. The molecule has 1 unspecified atom stereocenters. The lowest BCUT2D eigenvalue weighted by Gasteiger charge is -2.28. The van der Waals surface area contributed by atoms with Crippen LogP contribution in [0.2, 0.25) is 0 Å². The van der Waals surface area contributed by atoms with E-state index in [1.807, 2.05) is 0 Å². The summed E-state index contributed by atoms with van der Waals surface area (Å²) in [5, 5.41) is 22.5. The van der Waals surface area contributed by atoms with Gasteiger partial charge in [-0.1, -0.05) is 19.1 Å². The molecule has 1 aromatic carbocycles. The first-order valence-corrected chi connectivity index (χ1v) is 7.82. The van der Waals surface area contributed by atoms with Crippen molar-refractivity contribution >= 4 is 24.0 Å². The van der Waals surface area contributed by atoms with Crippen molar-refractivity contribution in [2.75, 3.05) is 6.54 Å². The van der Waals surface area contributed by atoms with Gasteiger partial charge in [0.25, 0.3) is 0 Å². The van der Waals surface area contributed by atoms with E-state index in [1.54, 1.807) is 25.1 Å². The molecule has 1 atom stereocenters. The second-order valence-corrected chi connectivity index (χ2v) is 6.21. The lowest BCUT2D eigenvalue weighted by molar-refractivity contribution is -0.355. The van der Waals surface area contributed by atoms with Crippen LogP contribution >= 0.6 is 12.4 Å². The van der Waals surface area contributed by atoms with Gasteiger partial charge in [-0.05, 0) is 12.1 Å². The molecular formula is C16H17ClF7N3O. The van der Waals surface area contributed by atoms with E-state index >= 15 is 0 Å². The first-order chi connectivity index (χ1) is 12.3. The van der Waals surface area contributed by atoms with Crippen molar-refractivity contribution in [1.29, 1.82) is 5.41 Å². The Morgan fingerprint density at radius 1 is 1.18 bits per heavy atom. The van der Waals surface area contributed by atoms with Crippen LogP contribution in [0.25, 0.3) is 0 Å².